The number of carbonyl (C=O) groups excluding carboxylic acids is 1. The summed E-state index contributed by atoms with van der Waals surface area (Å²) in [4.78, 5) is 12.4. The van der Waals surface area contributed by atoms with Crippen LogP contribution in [0.1, 0.15) is 38.5 Å². The number of nitrogens with two attached hydrogens (primary N) is 1. The van der Waals surface area contributed by atoms with Crippen molar-refractivity contribution in [1.29, 1.82) is 0 Å². The van der Waals surface area contributed by atoms with E-state index in [1.807, 2.05) is 0 Å². The monoisotopic (exact) mass is 302 g/mol. The first-order valence-electron chi connectivity index (χ1n) is 7.59. The molecule has 1 aliphatic carbocycles. The van der Waals surface area contributed by atoms with Gasteiger partial charge in [0.15, 0.2) is 0 Å². The van der Waals surface area contributed by atoms with E-state index in [0.29, 0.717) is 37.8 Å². The average molecular weight is 302 g/mol. The molecule has 0 aromatic carbocycles. The molecule has 3 atom stereocenters. The molecule has 1 saturated carbocycles. The Morgan fingerprint density at radius 1 is 1.25 bits per heavy atom. The Balaban J connectivity index is 1.91. The quantitative estimate of drug-likeness (QED) is 0.821. The molecule has 1 aliphatic heterocycles. The Morgan fingerprint density at radius 2 is 2.00 bits per heavy atom. The molecule has 116 valence electrons. The van der Waals surface area contributed by atoms with E-state index in [0.717, 1.165) is 32.1 Å². The molecule has 0 radical (unpaired) electrons. The molecule has 0 aromatic heterocycles. The van der Waals surface area contributed by atoms with Gasteiger partial charge in [0.2, 0.25) is 10.0 Å². The molecular formula is C14H26N2O3S. The maximum absolute atomic E-state index is 12.4. The van der Waals surface area contributed by atoms with Gasteiger partial charge in [-0.3, -0.25) is 4.79 Å². The smallest absolute Gasteiger partial charge is 0.211 e. The van der Waals surface area contributed by atoms with E-state index in [4.69, 9.17) is 5.73 Å². The molecule has 1 saturated heterocycles. The van der Waals surface area contributed by atoms with Gasteiger partial charge in [0.1, 0.15) is 5.78 Å². The second-order valence-electron chi connectivity index (χ2n) is 6.33. The normalized spacial score (nSPS) is 32.4. The molecule has 20 heavy (non-hydrogen) atoms. The summed E-state index contributed by atoms with van der Waals surface area (Å²) < 4.78 is 24.7. The number of hydrogen-bond donors (Lipinski definition) is 1. The van der Waals surface area contributed by atoms with Crippen LogP contribution in [0.3, 0.4) is 0 Å². The van der Waals surface area contributed by atoms with Crippen LogP contribution in [0.4, 0.5) is 0 Å². The van der Waals surface area contributed by atoms with Gasteiger partial charge in [0, 0.05) is 25.4 Å². The Hall–Kier alpha value is -0.460. The van der Waals surface area contributed by atoms with Crippen molar-refractivity contribution in [2.24, 2.45) is 23.5 Å². The van der Waals surface area contributed by atoms with Crippen LogP contribution in [0, 0.1) is 17.8 Å². The lowest BCUT2D eigenvalue weighted by atomic mass is 9.85. The number of nitrogens with zero attached hydrogens (tertiary/aromatic N) is 1. The molecule has 0 spiro atoms. The fourth-order valence-electron chi connectivity index (χ4n) is 3.67. The first-order valence-corrected chi connectivity index (χ1v) is 9.44. The summed E-state index contributed by atoms with van der Waals surface area (Å²) in [6, 6.07) is 0. The van der Waals surface area contributed by atoms with Crippen molar-refractivity contribution in [2.45, 2.75) is 38.5 Å². The van der Waals surface area contributed by atoms with Crippen LogP contribution in [0.25, 0.3) is 0 Å². The summed E-state index contributed by atoms with van der Waals surface area (Å²) in [5, 5.41) is 0. The SMILES string of the molecule is CS(=O)(=O)N1CCCC(CC(=O)C2CCCC2CN)C1. The minimum Gasteiger partial charge on any atom is -0.330 e. The molecule has 2 rings (SSSR count). The van der Waals surface area contributed by atoms with Gasteiger partial charge in [-0.25, -0.2) is 12.7 Å². The molecule has 0 amide bonds. The number of piperidine rings is 1. The van der Waals surface area contributed by atoms with E-state index in [9.17, 15) is 13.2 Å². The highest BCUT2D eigenvalue weighted by Gasteiger charge is 2.34. The Bertz CT molecular complexity index is 449. The largest absolute Gasteiger partial charge is 0.330 e. The lowest BCUT2D eigenvalue weighted by molar-refractivity contribution is -0.125. The van der Waals surface area contributed by atoms with Crippen molar-refractivity contribution in [3.63, 3.8) is 0 Å². The van der Waals surface area contributed by atoms with Crippen molar-refractivity contribution >= 4 is 15.8 Å². The van der Waals surface area contributed by atoms with Gasteiger partial charge in [-0.1, -0.05) is 6.42 Å². The van der Waals surface area contributed by atoms with E-state index in [1.165, 1.54) is 10.6 Å². The van der Waals surface area contributed by atoms with Crippen molar-refractivity contribution in [1.82, 2.24) is 4.31 Å². The third-order valence-corrected chi connectivity index (χ3v) is 6.09. The van der Waals surface area contributed by atoms with Crippen molar-refractivity contribution < 1.29 is 13.2 Å². The minimum absolute atomic E-state index is 0.119. The predicted molar refractivity (Wildman–Crippen MR) is 78.7 cm³/mol. The first-order chi connectivity index (χ1) is 9.41. The van der Waals surface area contributed by atoms with Gasteiger partial charge in [0.05, 0.1) is 6.26 Å². The van der Waals surface area contributed by atoms with Gasteiger partial charge in [-0.2, -0.15) is 0 Å². The molecule has 0 aromatic rings. The third-order valence-electron chi connectivity index (χ3n) is 4.82. The Kier molecular flexibility index (Phi) is 5.20. The van der Waals surface area contributed by atoms with Crippen LogP contribution in [0.15, 0.2) is 0 Å². The summed E-state index contributed by atoms with van der Waals surface area (Å²) in [7, 11) is -3.13. The molecule has 6 heteroatoms. The summed E-state index contributed by atoms with van der Waals surface area (Å²) >= 11 is 0. The standard InChI is InChI=1S/C14H26N2O3S/c1-20(18,19)16-7-3-4-11(10-16)8-14(17)13-6-2-5-12(13)9-15/h11-13H,2-10,15H2,1H3. The maximum Gasteiger partial charge on any atom is 0.211 e. The predicted octanol–water partition coefficient (Wildman–Crippen LogP) is 0.992. The number of sulfonamides is 1. The van der Waals surface area contributed by atoms with Crippen LogP contribution in [-0.4, -0.2) is 44.4 Å². The van der Waals surface area contributed by atoms with E-state index in [2.05, 4.69) is 0 Å². The van der Waals surface area contributed by atoms with Gasteiger partial charge in [-0.05, 0) is 44.1 Å². The zero-order valence-electron chi connectivity index (χ0n) is 12.3. The molecule has 3 unspecified atom stereocenters. The highest BCUT2D eigenvalue weighted by molar-refractivity contribution is 7.88. The van der Waals surface area contributed by atoms with Gasteiger partial charge < -0.3 is 5.73 Å². The summed E-state index contributed by atoms with van der Waals surface area (Å²) in [5.74, 6) is 0.953. The molecular weight excluding hydrogens is 276 g/mol. The van der Waals surface area contributed by atoms with Crippen LogP contribution in [0.5, 0.6) is 0 Å². The fourth-order valence-corrected chi connectivity index (χ4v) is 4.62. The van der Waals surface area contributed by atoms with Crippen LogP contribution in [-0.2, 0) is 14.8 Å². The lowest BCUT2D eigenvalue weighted by Gasteiger charge is -2.31. The summed E-state index contributed by atoms with van der Waals surface area (Å²) in [6.07, 6.45) is 6.70. The summed E-state index contributed by atoms with van der Waals surface area (Å²) in [5.41, 5.74) is 5.73. The highest BCUT2D eigenvalue weighted by Crippen LogP contribution is 2.34. The number of Topliss-reactive ketones (excluding diaryl/α,β-unsaturated/α-hetero) is 1. The van der Waals surface area contributed by atoms with Crippen LogP contribution >= 0.6 is 0 Å². The molecule has 5 nitrogen and oxygen atoms in total. The topological polar surface area (TPSA) is 80.5 Å². The number of carbonyl (C=O) groups is 1. The van der Waals surface area contributed by atoms with E-state index < -0.39 is 10.0 Å². The molecule has 1 heterocycles. The third kappa shape index (κ3) is 3.80. The first kappa shape index (κ1) is 15.9. The van der Waals surface area contributed by atoms with Crippen LogP contribution in [0.2, 0.25) is 0 Å². The second kappa shape index (κ2) is 6.54. The van der Waals surface area contributed by atoms with Crippen molar-refractivity contribution in [3.8, 4) is 0 Å². The second-order valence-corrected chi connectivity index (χ2v) is 8.32. The Labute approximate surface area is 121 Å². The molecule has 2 N–H and O–H groups in total. The average Bonchev–Trinajstić information content (AvgIpc) is 2.86. The van der Waals surface area contributed by atoms with Gasteiger partial charge in [0.25, 0.3) is 0 Å². The molecule has 0 bridgehead atoms. The fraction of sp³-hybridized carbons (Fsp3) is 0.929. The van der Waals surface area contributed by atoms with Crippen LogP contribution < -0.4 is 5.73 Å². The highest BCUT2D eigenvalue weighted by atomic mass is 32.2. The molecule has 2 fully saturated rings. The van der Waals surface area contributed by atoms with E-state index >= 15 is 0 Å². The lowest BCUT2D eigenvalue weighted by Crippen LogP contribution is -2.40. The zero-order valence-corrected chi connectivity index (χ0v) is 13.1. The number of ketones is 1. The van der Waals surface area contributed by atoms with E-state index in [1.54, 1.807) is 0 Å². The number of rotatable bonds is 5. The van der Waals surface area contributed by atoms with Gasteiger partial charge in [-0.15, -0.1) is 0 Å². The minimum atomic E-state index is -3.13. The van der Waals surface area contributed by atoms with Gasteiger partial charge >= 0.3 is 0 Å². The van der Waals surface area contributed by atoms with E-state index in [-0.39, 0.29) is 11.8 Å². The molecule has 2 aliphatic rings. The summed E-state index contributed by atoms with van der Waals surface area (Å²) in [6.45, 7) is 1.69. The Morgan fingerprint density at radius 3 is 2.65 bits per heavy atom. The van der Waals surface area contributed by atoms with Crippen molar-refractivity contribution in [2.75, 3.05) is 25.9 Å². The zero-order chi connectivity index (χ0) is 14.8. The maximum atomic E-state index is 12.4. The van der Waals surface area contributed by atoms with Crippen molar-refractivity contribution in [3.05, 3.63) is 0 Å². The number of hydrogen-bond acceptors (Lipinski definition) is 4.